The van der Waals surface area contributed by atoms with Crippen LogP contribution in [0.4, 0.5) is 15.8 Å². The molecule has 1 aromatic heterocycles. The number of hydrogen-bond acceptors (Lipinski definition) is 5. The van der Waals surface area contributed by atoms with Crippen LogP contribution in [0.15, 0.2) is 36.5 Å². The van der Waals surface area contributed by atoms with Crippen molar-refractivity contribution in [3.63, 3.8) is 0 Å². The second-order valence-electron chi connectivity index (χ2n) is 3.94. The molecule has 20 heavy (non-hydrogen) atoms. The Hall–Kier alpha value is -2.70. The fraction of sp³-hybridized carbons (Fsp3) is 0.154. The van der Waals surface area contributed by atoms with Crippen molar-refractivity contribution in [2.24, 2.45) is 0 Å². The maximum absolute atomic E-state index is 13.2. The SMILES string of the molecule is COc1ncccc1CNc1cc(F)ccc1[N+](=O)[O-]. The number of pyridine rings is 1. The van der Waals surface area contributed by atoms with Crippen LogP contribution in [0, 0.1) is 15.9 Å². The molecule has 1 heterocycles. The lowest BCUT2D eigenvalue weighted by Crippen LogP contribution is -2.05. The number of nitrogens with zero attached hydrogens (tertiary/aromatic N) is 2. The predicted molar refractivity (Wildman–Crippen MR) is 71.2 cm³/mol. The Kier molecular flexibility index (Phi) is 4.09. The van der Waals surface area contributed by atoms with E-state index < -0.39 is 10.7 Å². The minimum absolute atomic E-state index is 0.112. The summed E-state index contributed by atoms with van der Waals surface area (Å²) >= 11 is 0. The van der Waals surface area contributed by atoms with Crippen molar-refractivity contribution in [2.45, 2.75) is 6.54 Å². The number of anilines is 1. The number of nitro groups is 1. The molecule has 0 bridgehead atoms. The molecule has 0 aliphatic rings. The van der Waals surface area contributed by atoms with Gasteiger partial charge < -0.3 is 10.1 Å². The molecule has 0 radical (unpaired) electrons. The van der Waals surface area contributed by atoms with E-state index in [1.807, 2.05) is 0 Å². The normalized spacial score (nSPS) is 10.1. The summed E-state index contributed by atoms with van der Waals surface area (Å²) in [6.45, 7) is 0.237. The van der Waals surface area contributed by atoms with Crippen LogP contribution in [0.5, 0.6) is 5.88 Å². The summed E-state index contributed by atoms with van der Waals surface area (Å²) < 4.78 is 18.3. The van der Waals surface area contributed by atoms with E-state index in [1.54, 1.807) is 18.3 Å². The highest BCUT2D eigenvalue weighted by molar-refractivity contribution is 5.61. The molecule has 1 aromatic carbocycles. The van der Waals surface area contributed by atoms with Crippen molar-refractivity contribution in [3.8, 4) is 5.88 Å². The number of nitro benzene ring substituents is 1. The number of benzene rings is 1. The third-order valence-electron chi connectivity index (χ3n) is 2.67. The van der Waals surface area contributed by atoms with E-state index >= 15 is 0 Å². The minimum atomic E-state index is -0.567. The van der Waals surface area contributed by atoms with Gasteiger partial charge in [-0.15, -0.1) is 0 Å². The summed E-state index contributed by atoms with van der Waals surface area (Å²) in [5.41, 5.74) is 0.642. The molecule has 0 fully saturated rings. The van der Waals surface area contributed by atoms with E-state index in [2.05, 4.69) is 10.3 Å². The molecular weight excluding hydrogens is 265 g/mol. The molecule has 2 aromatic rings. The van der Waals surface area contributed by atoms with Gasteiger partial charge in [-0.3, -0.25) is 10.1 Å². The van der Waals surface area contributed by atoms with Crippen molar-refractivity contribution in [3.05, 3.63) is 58.0 Å². The topological polar surface area (TPSA) is 77.3 Å². The van der Waals surface area contributed by atoms with E-state index in [0.29, 0.717) is 11.4 Å². The fourth-order valence-electron chi connectivity index (χ4n) is 1.74. The van der Waals surface area contributed by atoms with Crippen molar-refractivity contribution in [2.75, 3.05) is 12.4 Å². The van der Waals surface area contributed by atoms with Crippen molar-refractivity contribution >= 4 is 11.4 Å². The summed E-state index contributed by atoms with van der Waals surface area (Å²) in [5, 5.41) is 13.7. The van der Waals surface area contributed by atoms with Gasteiger partial charge in [-0.25, -0.2) is 9.37 Å². The Morgan fingerprint density at radius 2 is 2.25 bits per heavy atom. The van der Waals surface area contributed by atoms with Gasteiger partial charge in [0.05, 0.1) is 12.0 Å². The van der Waals surface area contributed by atoms with Gasteiger partial charge in [0.25, 0.3) is 5.69 Å². The number of methoxy groups -OCH3 is 1. The first-order chi connectivity index (χ1) is 9.61. The molecule has 0 aliphatic heterocycles. The van der Waals surface area contributed by atoms with Crippen molar-refractivity contribution < 1.29 is 14.1 Å². The second kappa shape index (κ2) is 5.96. The zero-order chi connectivity index (χ0) is 14.5. The summed E-state index contributed by atoms with van der Waals surface area (Å²) in [7, 11) is 1.48. The molecule has 104 valence electrons. The average Bonchev–Trinajstić information content (AvgIpc) is 2.45. The predicted octanol–water partition coefficient (Wildman–Crippen LogP) is 2.75. The first kappa shape index (κ1) is 13.7. The smallest absolute Gasteiger partial charge is 0.292 e. The molecule has 2 rings (SSSR count). The molecule has 0 aliphatic carbocycles. The van der Waals surface area contributed by atoms with Crippen molar-refractivity contribution in [1.82, 2.24) is 4.98 Å². The van der Waals surface area contributed by atoms with Crippen molar-refractivity contribution in [1.29, 1.82) is 0 Å². The Morgan fingerprint density at radius 3 is 2.95 bits per heavy atom. The average molecular weight is 277 g/mol. The molecule has 0 saturated heterocycles. The Bertz CT molecular complexity index is 634. The molecule has 1 N–H and O–H groups in total. The van der Waals surface area contributed by atoms with Crippen LogP contribution in [0.25, 0.3) is 0 Å². The molecule has 0 spiro atoms. The molecule has 0 saturated carbocycles. The van der Waals surface area contributed by atoms with Gasteiger partial charge in [0.1, 0.15) is 11.5 Å². The van der Waals surface area contributed by atoms with Gasteiger partial charge in [-0.2, -0.15) is 0 Å². The quantitative estimate of drug-likeness (QED) is 0.671. The molecule has 0 unspecified atom stereocenters. The van der Waals surface area contributed by atoms with Gasteiger partial charge in [0.15, 0.2) is 0 Å². The van der Waals surface area contributed by atoms with Crippen LogP contribution >= 0.6 is 0 Å². The Morgan fingerprint density at radius 1 is 1.45 bits per heavy atom. The highest BCUT2D eigenvalue weighted by Crippen LogP contribution is 2.26. The summed E-state index contributed by atoms with van der Waals surface area (Å²) in [6, 6.07) is 6.75. The summed E-state index contributed by atoms with van der Waals surface area (Å²) in [4.78, 5) is 14.3. The first-order valence-electron chi connectivity index (χ1n) is 5.77. The highest BCUT2D eigenvalue weighted by atomic mass is 19.1. The lowest BCUT2D eigenvalue weighted by Gasteiger charge is -2.09. The molecule has 6 nitrogen and oxygen atoms in total. The van der Waals surface area contributed by atoms with E-state index in [0.717, 1.165) is 18.2 Å². The third kappa shape index (κ3) is 3.00. The highest BCUT2D eigenvalue weighted by Gasteiger charge is 2.14. The number of aromatic nitrogens is 1. The van der Waals surface area contributed by atoms with E-state index in [1.165, 1.54) is 7.11 Å². The Balaban J connectivity index is 2.22. The molecule has 0 amide bonds. The largest absolute Gasteiger partial charge is 0.481 e. The maximum atomic E-state index is 13.2. The number of nitrogens with one attached hydrogen (secondary N) is 1. The molecule has 0 atom stereocenters. The summed E-state index contributed by atoms with van der Waals surface area (Å²) in [5.74, 6) is -0.129. The lowest BCUT2D eigenvalue weighted by molar-refractivity contribution is -0.384. The third-order valence-corrected chi connectivity index (χ3v) is 2.67. The van der Waals surface area contributed by atoms with Crippen LogP contribution in [-0.2, 0) is 6.54 Å². The number of ether oxygens (including phenoxy) is 1. The van der Waals surface area contributed by atoms with Gasteiger partial charge >= 0.3 is 0 Å². The lowest BCUT2D eigenvalue weighted by atomic mass is 10.2. The van der Waals surface area contributed by atoms with Gasteiger partial charge in [-0.1, -0.05) is 6.07 Å². The minimum Gasteiger partial charge on any atom is -0.481 e. The summed E-state index contributed by atoms with van der Waals surface area (Å²) in [6.07, 6.45) is 1.58. The number of rotatable bonds is 5. The standard InChI is InChI=1S/C13H12FN3O3/c1-20-13-9(3-2-6-15-13)8-16-11-7-10(14)4-5-12(11)17(18)19/h2-7,16H,8H2,1H3. The van der Waals surface area contributed by atoms with E-state index in [9.17, 15) is 14.5 Å². The molecular formula is C13H12FN3O3. The van der Waals surface area contributed by atoms with Crippen LogP contribution in [0.2, 0.25) is 0 Å². The van der Waals surface area contributed by atoms with Crippen LogP contribution in [-0.4, -0.2) is 17.0 Å². The second-order valence-corrected chi connectivity index (χ2v) is 3.94. The van der Waals surface area contributed by atoms with Gasteiger partial charge in [0.2, 0.25) is 5.88 Å². The Labute approximate surface area is 114 Å². The zero-order valence-corrected chi connectivity index (χ0v) is 10.7. The maximum Gasteiger partial charge on any atom is 0.292 e. The number of hydrogen-bond donors (Lipinski definition) is 1. The number of halogens is 1. The van der Waals surface area contributed by atoms with Gasteiger partial charge in [-0.05, 0) is 12.1 Å². The first-order valence-corrected chi connectivity index (χ1v) is 5.77. The van der Waals surface area contributed by atoms with Crippen LogP contribution in [0.1, 0.15) is 5.56 Å². The van der Waals surface area contributed by atoms with Crippen LogP contribution < -0.4 is 10.1 Å². The van der Waals surface area contributed by atoms with E-state index in [-0.39, 0.29) is 17.9 Å². The zero-order valence-electron chi connectivity index (χ0n) is 10.7. The fourth-order valence-corrected chi connectivity index (χ4v) is 1.74. The van der Waals surface area contributed by atoms with Gasteiger partial charge in [0, 0.05) is 30.4 Å². The van der Waals surface area contributed by atoms with Crippen LogP contribution in [0.3, 0.4) is 0 Å². The molecule has 7 heteroatoms. The van der Waals surface area contributed by atoms with E-state index in [4.69, 9.17) is 4.74 Å². The monoisotopic (exact) mass is 277 g/mol.